The van der Waals surface area contributed by atoms with Crippen LogP contribution in [0.4, 0.5) is 5.69 Å². The van der Waals surface area contributed by atoms with Crippen molar-refractivity contribution in [1.82, 2.24) is 10.2 Å². The van der Waals surface area contributed by atoms with Gasteiger partial charge in [0.05, 0.1) is 5.69 Å². The molecule has 0 radical (unpaired) electrons. The zero-order valence-electron chi connectivity index (χ0n) is 13.8. The number of nitrogens with one attached hydrogen (secondary N) is 1. The molecule has 0 aromatic heterocycles. The summed E-state index contributed by atoms with van der Waals surface area (Å²) in [6, 6.07) is 6.39. The van der Waals surface area contributed by atoms with Gasteiger partial charge in [-0.2, -0.15) is 0 Å². The second kappa shape index (κ2) is 8.40. The molecule has 0 saturated carbocycles. The zero-order chi connectivity index (χ0) is 17.5. The van der Waals surface area contributed by atoms with Crippen LogP contribution in [-0.4, -0.2) is 54.3 Å². The average molecular weight is 329 g/mol. The maximum absolute atomic E-state index is 12.5. The van der Waals surface area contributed by atoms with Gasteiger partial charge in [0.25, 0.3) is 0 Å². The first-order valence-electron chi connectivity index (χ1n) is 7.99. The predicted octanol–water partition coefficient (Wildman–Crippen LogP) is 1.52. The van der Waals surface area contributed by atoms with Gasteiger partial charge in [-0.05, 0) is 38.1 Å². The van der Waals surface area contributed by atoms with E-state index in [0.29, 0.717) is 30.8 Å². The first-order chi connectivity index (χ1) is 11.6. The maximum atomic E-state index is 12.5. The summed E-state index contributed by atoms with van der Waals surface area (Å²) in [6.45, 7) is 6.57. The van der Waals surface area contributed by atoms with Crippen molar-refractivity contribution in [2.75, 3.05) is 13.1 Å². The van der Waals surface area contributed by atoms with E-state index in [1.165, 1.54) is 0 Å². The maximum Gasteiger partial charge on any atom is 0.248 e. The number of para-hydroxylation sites is 1. The van der Waals surface area contributed by atoms with E-state index in [4.69, 9.17) is 0 Å². The lowest BCUT2D eigenvalue weighted by atomic mass is 9.99. The zero-order valence-corrected chi connectivity index (χ0v) is 13.8. The number of carbonyl (C=O) groups is 2. The van der Waals surface area contributed by atoms with Gasteiger partial charge in [-0.15, -0.1) is 0 Å². The molecule has 6 heteroatoms. The largest absolute Gasteiger partial charge is 0.386 e. The van der Waals surface area contributed by atoms with Gasteiger partial charge < -0.3 is 15.3 Å². The van der Waals surface area contributed by atoms with Gasteiger partial charge in [0.15, 0.2) is 0 Å². The van der Waals surface area contributed by atoms with Crippen LogP contribution in [0.2, 0.25) is 0 Å². The molecule has 2 atom stereocenters. The minimum atomic E-state index is -1.11. The Kier molecular flexibility index (Phi) is 6.26. The van der Waals surface area contributed by atoms with Gasteiger partial charge in [0.1, 0.15) is 12.1 Å². The summed E-state index contributed by atoms with van der Waals surface area (Å²) in [6.07, 6.45) is 2.99. The fourth-order valence-corrected chi connectivity index (χ4v) is 2.85. The molecule has 1 aliphatic heterocycles. The van der Waals surface area contributed by atoms with Gasteiger partial charge in [0.2, 0.25) is 12.3 Å². The summed E-state index contributed by atoms with van der Waals surface area (Å²) in [5.74, 6) is -0.255. The van der Waals surface area contributed by atoms with Crippen molar-refractivity contribution in [1.29, 1.82) is 0 Å². The van der Waals surface area contributed by atoms with Crippen molar-refractivity contribution in [2.24, 2.45) is 4.99 Å². The lowest BCUT2D eigenvalue weighted by Gasteiger charge is -2.27. The highest BCUT2D eigenvalue weighted by atomic mass is 16.3. The summed E-state index contributed by atoms with van der Waals surface area (Å²) in [4.78, 5) is 29.0. The van der Waals surface area contributed by atoms with Crippen molar-refractivity contribution in [3.05, 3.63) is 35.4 Å². The number of benzene rings is 1. The van der Waals surface area contributed by atoms with E-state index in [0.717, 1.165) is 18.4 Å². The SMILES string of the molecule is C=Nc1ccccc1/C=C(\C)[C@H](O)[C@@H](NC=O)C(=O)N1CCCC1. The van der Waals surface area contributed by atoms with Crippen molar-refractivity contribution < 1.29 is 14.7 Å². The van der Waals surface area contributed by atoms with Gasteiger partial charge in [-0.1, -0.05) is 24.3 Å². The third kappa shape index (κ3) is 4.08. The summed E-state index contributed by atoms with van der Waals surface area (Å²) in [5.41, 5.74) is 2.05. The van der Waals surface area contributed by atoms with Crippen molar-refractivity contribution >= 4 is 30.8 Å². The number of carbonyl (C=O) groups excluding carboxylic acids is 2. The van der Waals surface area contributed by atoms with E-state index in [-0.39, 0.29) is 5.91 Å². The number of aliphatic hydroxyl groups excluding tert-OH is 1. The van der Waals surface area contributed by atoms with Crippen LogP contribution in [0, 0.1) is 0 Å². The van der Waals surface area contributed by atoms with Crippen LogP contribution in [0.1, 0.15) is 25.3 Å². The average Bonchev–Trinajstić information content (AvgIpc) is 3.13. The highest BCUT2D eigenvalue weighted by Gasteiger charge is 2.32. The highest BCUT2D eigenvalue weighted by molar-refractivity contribution is 5.85. The molecule has 1 aromatic rings. The standard InChI is InChI=1S/C18H23N3O3/c1-13(11-14-7-3-4-8-15(14)19-2)17(23)16(20-12-22)18(24)21-9-5-6-10-21/h3-4,7-8,11-12,16-17,23H,2,5-6,9-10H2,1H3,(H,20,22)/b13-11+/t16-,17+/m1/s1. The van der Waals surface area contributed by atoms with Crippen LogP contribution in [0.5, 0.6) is 0 Å². The van der Waals surface area contributed by atoms with Crippen molar-refractivity contribution in [3.63, 3.8) is 0 Å². The molecular formula is C18H23N3O3. The Morgan fingerprint density at radius 2 is 2.04 bits per heavy atom. The molecule has 1 fully saturated rings. The van der Waals surface area contributed by atoms with E-state index < -0.39 is 12.1 Å². The third-order valence-corrected chi connectivity index (χ3v) is 4.20. The van der Waals surface area contributed by atoms with E-state index >= 15 is 0 Å². The topological polar surface area (TPSA) is 82.0 Å². The van der Waals surface area contributed by atoms with E-state index in [1.54, 1.807) is 17.9 Å². The number of likely N-dealkylation sites (tertiary alicyclic amines) is 1. The number of aliphatic hydroxyl groups is 1. The lowest BCUT2D eigenvalue weighted by molar-refractivity contribution is -0.136. The van der Waals surface area contributed by atoms with Gasteiger partial charge in [-0.3, -0.25) is 14.6 Å². The van der Waals surface area contributed by atoms with Crippen LogP contribution >= 0.6 is 0 Å². The number of nitrogens with zero attached hydrogens (tertiary/aromatic N) is 2. The van der Waals surface area contributed by atoms with Crippen LogP contribution < -0.4 is 5.32 Å². The molecule has 1 aliphatic rings. The summed E-state index contributed by atoms with van der Waals surface area (Å²) < 4.78 is 0. The molecule has 0 unspecified atom stereocenters. The number of aliphatic imine (C=N–C) groups is 1. The van der Waals surface area contributed by atoms with Gasteiger partial charge in [0, 0.05) is 18.7 Å². The third-order valence-electron chi connectivity index (χ3n) is 4.20. The molecule has 2 rings (SSSR count). The first kappa shape index (κ1) is 17.9. The van der Waals surface area contributed by atoms with Crippen LogP contribution in [0.3, 0.4) is 0 Å². The monoisotopic (exact) mass is 329 g/mol. The molecule has 6 nitrogen and oxygen atoms in total. The molecule has 1 heterocycles. The Balaban J connectivity index is 2.22. The van der Waals surface area contributed by atoms with Crippen LogP contribution in [-0.2, 0) is 9.59 Å². The summed E-state index contributed by atoms with van der Waals surface area (Å²) in [7, 11) is 0. The van der Waals surface area contributed by atoms with Gasteiger partial charge >= 0.3 is 0 Å². The van der Waals surface area contributed by atoms with Crippen molar-refractivity contribution in [3.8, 4) is 0 Å². The molecule has 0 spiro atoms. The number of amides is 2. The Bertz CT molecular complexity index is 636. The Hall–Kier alpha value is -2.47. The number of rotatable bonds is 7. The Morgan fingerprint density at radius 1 is 1.38 bits per heavy atom. The molecule has 0 aliphatic carbocycles. The second-order valence-corrected chi connectivity index (χ2v) is 5.84. The Morgan fingerprint density at radius 3 is 2.67 bits per heavy atom. The minimum Gasteiger partial charge on any atom is -0.386 e. The first-order valence-corrected chi connectivity index (χ1v) is 7.99. The number of hydrogen-bond acceptors (Lipinski definition) is 4. The fourth-order valence-electron chi connectivity index (χ4n) is 2.85. The molecular weight excluding hydrogens is 306 g/mol. The van der Waals surface area contributed by atoms with E-state index in [2.05, 4.69) is 17.0 Å². The lowest BCUT2D eigenvalue weighted by Crippen LogP contribution is -2.52. The molecule has 2 N–H and O–H groups in total. The summed E-state index contributed by atoms with van der Waals surface area (Å²) in [5, 5.41) is 13.0. The fraction of sp³-hybridized carbons (Fsp3) is 0.389. The molecule has 128 valence electrons. The molecule has 2 amide bonds. The molecule has 24 heavy (non-hydrogen) atoms. The molecule has 1 aromatic carbocycles. The second-order valence-electron chi connectivity index (χ2n) is 5.84. The highest BCUT2D eigenvalue weighted by Crippen LogP contribution is 2.23. The molecule has 1 saturated heterocycles. The van der Waals surface area contributed by atoms with Crippen LogP contribution in [0.25, 0.3) is 6.08 Å². The summed E-state index contributed by atoms with van der Waals surface area (Å²) >= 11 is 0. The van der Waals surface area contributed by atoms with Crippen LogP contribution in [0.15, 0.2) is 34.8 Å². The Labute approximate surface area is 141 Å². The normalized spacial score (nSPS) is 17.2. The smallest absolute Gasteiger partial charge is 0.248 e. The minimum absolute atomic E-state index is 0.255. The van der Waals surface area contributed by atoms with E-state index in [1.807, 2.05) is 24.3 Å². The number of hydrogen-bond donors (Lipinski definition) is 2. The predicted molar refractivity (Wildman–Crippen MR) is 94.1 cm³/mol. The quantitative estimate of drug-likeness (QED) is 0.588. The van der Waals surface area contributed by atoms with E-state index in [9.17, 15) is 14.7 Å². The van der Waals surface area contributed by atoms with Crippen molar-refractivity contribution in [2.45, 2.75) is 31.9 Å². The van der Waals surface area contributed by atoms with Gasteiger partial charge in [-0.25, -0.2) is 0 Å². The molecule has 0 bridgehead atoms.